The fraction of sp³-hybridized carbons (Fsp3) is 0.151. The lowest BCUT2D eigenvalue weighted by molar-refractivity contribution is 0.367. The molecule has 704 valence electrons. The summed E-state index contributed by atoms with van der Waals surface area (Å²) in [6.45, 7) is 4.79. The SMILES string of the molecule is CC1(C)c2cc(-c3ccc4c(c3)c3ccccc3n4C3CCCCC3)ccc2-c2ccc(N(c3ccccc3)c3ccc(-c4ccccc4)cc3)cc21.c1ccc(-c2ccc(N(c3ccccc3)c3ccc(-c4ccc5c(c4)c4ccccc4n5C4CCCCC4)c4ccccc34)cc2)cc1.c1ccc(-c2ccc(N(c3ccccc3)c3ccc(-c4ccc5c(c4)c4ccccc4n5C4CCCCC4)cc3)cc2)cc1. The lowest BCUT2D eigenvalue weighted by Gasteiger charge is -2.28. The molecule has 23 aromatic rings. The van der Waals surface area contributed by atoms with Crippen LogP contribution >= 0.6 is 0 Å². The quantitative estimate of drug-likeness (QED) is 0.0856. The normalized spacial score (nSPS) is 14.2. The Kier molecular flexibility index (Phi) is 24.4. The van der Waals surface area contributed by atoms with Gasteiger partial charge in [-0.25, -0.2) is 0 Å². The maximum absolute atomic E-state index is 2.66. The molecule has 0 amide bonds. The summed E-state index contributed by atoms with van der Waals surface area (Å²) >= 11 is 0. The molecule has 3 heterocycles. The molecule has 0 spiro atoms. The summed E-state index contributed by atoms with van der Waals surface area (Å²) < 4.78 is 7.94. The van der Waals surface area contributed by atoms with Gasteiger partial charge in [-0.3, -0.25) is 0 Å². The molecule has 20 aromatic carbocycles. The molecule has 0 aliphatic heterocycles. The van der Waals surface area contributed by atoms with Crippen molar-refractivity contribution in [2.45, 2.75) is 134 Å². The summed E-state index contributed by atoms with van der Waals surface area (Å²) in [5.74, 6) is 0. The van der Waals surface area contributed by atoms with Crippen LogP contribution in [0.1, 0.15) is 139 Å². The number of hydrogen-bond acceptors (Lipinski definition) is 3. The van der Waals surface area contributed by atoms with Gasteiger partial charge in [0.2, 0.25) is 0 Å². The zero-order chi connectivity index (χ0) is 96.7. The lowest BCUT2D eigenvalue weighted by Crippen LogP contribution is -2.16. The Bertz CT molecular complexity index is 8580. The average molecular weight is 1870 g/mol. The topological polar surface area (TPSA) is 24.5 Å². The smallest absolute Gasteiger partial charge is 0.0540 e. The Hall–Kier alpha value is -16.5. The van der Waals surface area contributed by atoms with Gasteiger partial charge >= 0.3 is 0 Å². The molecule has 0 saturated heterocycles. The minimum absolute atomic E-state index is 0.155. The van der Waals surface area contributed by atoms with Crippen LogP contribution in [0.4, 0.5) is 51.2 Å². The molecule has 0 unspecified atom stereocenters. The van der Waals surface area contributed by atoms with Crippen LogP contribution in [0.5, 0.6) is 0 Å². The van der Waals surface area contributed by atoms with E-state index < -0.39 is 0 Å². The third kappa shape index (κ3) is 17.2. The number of nitrogens with zero attached hydrogens (tertiary/aromatic N) is 6. The highest BCUT2D eigenvalue weighted by Gasteiger charge is 2.37. The van der Waals surface area contributed by atoms with E-state index in [9.17, 15) is 0 Å². The van der Waals surface area contributed by atoms with Crippen molar-refractivity contribution in [3.63, 3.8) is 0 Å². The zero-order valence-electron chi connectivity index (χ0n) is 82.6. The highest BCUT2D eigenvalue weighted by atomic mass is 15.2. The molecule has 6 nitrogen and oxygen atoms in total. The van der Waals surface area contributed by atoms with Crippen LogP contribution in [-0.4, -0.2) is 13.7 Å². The Morgan fingerprint density at radius 2 is 0.421 bits per heavy atom. The van der Waals surface area contributed by atoms with Gasteiger partial charge in [-0.1, -0.05) is 387 Å². The molecule has 6 heteroatoms. The summed E-state index contributed by atoms with van der Waals surface area (Å²) in [6.07, 6.45) is 19.7. The second-order valence-electron chi connectivity index (χ2n) is 40.8. The van der Waals surface area contributed by atoms with Crippen LogP contribution < -0.4 is 14.7 Å². The van der Waals surface area contributed by atoms with E-state index in [4.69, 9.17) is 0 Å². The van der Waals surface area contributed by atoms with Gasteiger partial charge in [-0.2, -0.15) is 0 Å². The Labute approximate surface area is 851 Å². The average Bonchev–Trinajstić information content (AvgIpc) is 1.57. The number of anilines is 9. The summed E-state index contributed by atoms with van der Waals surface area (Å²) in [7, 11) is 0. The summed E-state index contributed by atoms with van der Waals surface area (Å²) in [5, 5.41) is 10.7. The first-order valence-electron chi connectivity index (χ1n) is 52.7. The van der Waals surface area contributed by atoms with Gasteiger partial charge in [0.1, 0.15) is 0 Å². The monoisotopic (exact) mass is 1870 g/mol. The van der Waals surface area contributed by atoms with Crippen LogP contribution in [0.3, 0.4) is 0 Å². The van der Waals surface area contributed by atoms with E-state index in [2.05, 4.69) is 521 Å². The number of hydrogen-bond donors (Lipinski definition) is 0. The van der Waals surface area contributed by atoms with Crippen molar-refractivity contribution in [1.29, 1.82) is 0 Å². The Morgan fingerprint density at radius 1 is 0.172 bits per heavy atom. The van der Waals surface area contributed by atoms with Crippen LogP contribution in [-0.2, 0) is 5.41 Å². The van der Waals surface area contributed by atoms with Crippen LogP contribution in [0, 0.1) is 0 Å². The minimum Gasteiger partial charge on any atom is -0.337 e. The number of fused-ring (bicyclic) bond motifs is 13. The number of benzene rings is 20. The van der Waals surface area contributed by atoms with Crippen LogP contribution in [0.2, 0.25) is 0 Å². The standard InChI is InChI=1S/C51H44N2.C46H38N2.C42H36N2/c1-51(2)47-33-38(37-25-31-50-46(32-37)45-20-12-13-21-49(45)53(50)40-18-10-5-11-19-40)24-29-43(47)44-30-28-42(34-48(44)51)52(39-16-8-4-9-17-39)41-26-22-36(23-27-41)35-14-6-3-7-15-35;1-4-14-33(15-5-1)34-24-27-38(28-25-34)47(36-16-6-2-7-17-36)45-31-29-39(40-20-10-11-21-41(40)45)35-26-30-46-43(32-35)42-22-12-13-23-44(42)48(46)37-18-8-3-9-19-37;1-4-12-31(13-5-1)32-20-25-37(26-21-32)43(35-14-6-2-7-15-35)38-27-22-33(23-28-38)34-24-29-42-40(30-34)39-18-10-11-19-41(39)44(42)36-16-8-3-9-17-36/h3-4,6-9,12-17,20-34,40H,5,10-11,18-19H2,1-2H3;1-2,4-7,10-17,20-32,37H,3,8-9,18-19H2;1-2,4-7,10-15,18-30,36H,3,8-9,16-17H2. The third-order valence-electron chi connectivity index (χ3n) is 31.9. The first-order chi connectivity index (χ1) is 71.7. The fourth-order valence-electron chi connectivity index (χ4n) is 24.7. The number of rotatable bonds is 18. The van der Waals surface area contributed by atoms with Crippen molar-refractivity contribution in [3.05, 3.63) is 490 Å². The van der Waals surface area contributed by atoms with Gasteiger partial charge in [0, 0.05) is 140 Å². The maximum atomic E-state index is 2.66. The first kappa shape index (κ1) is 89.8. The van der Waals surface area contributed by atoms with E-state index in [-0.39, 0.29) is 5.41 Å². The van der Waals surface area contributed by atoms with E-state index in [1.54, 1.807) is 0 Å². The van der Waals surface area contributed by atoms with Gasteiger partial charge in [-0.15, -0.1) is 0 Å². The van der Waals surface area contributed by atoms with Crippen LogP contribution in [0.15, 0.2) is 479 Å². The van der Waals surface area contributed by atoms with E-state index in [0.717, 1.165) is 39.8 Å². The summed E-state index contributed by atoms with van der Waals surface area (Å²) in [4.78, 5) is 7.11. The molecule has 27 rings (SSSR count). The minimum atomic E-state index is -0.155. The Morgan fingerprint density at radius 3 is 0.821 bits per heavy atom. The van der Waals surface area contributed by atoms with E-state index in [0.29, 0.717) is 18.1 Å². The molecule has 3 aromatic heterocycles. The van der Waals surface area contributed by atoms with Gasteiger partial charge in [0.05, 0.1) is 5.69 Å². The predicted octanol–water partition coefficient (Wildman–Crippen LogP) is 39.8. The van der Waals surface area contributed by atoms with E-state index >= 15 is 0 Å². The highest BCUT2D eigenvalue weighted by molar-refractivity contribution is 6.14. The predicted molar refractivity (Wildman–Crippen MR) is 616 cm³/mol. The Balaban J connectivity index is 0.000000114. The number of aromatic nitrogens is 3. The first-order valence-corrected chi connectivity index (χ1v) is 52.7. The van der Waals surface area contributed by atoms with E-state index in [1.165, 1.54) is 273 Å². The third-order valence-corrected chi connectivity index (χ3v) is 31.9. The van der Waals surface area contributed by atoms with Gasteiger partial charge < -0.3 is 28.4 Å². The van der Waals surface area contributed by atoms with Crippen molar-refractivity contribution in [2.75, 3.05) is 14.7 Å². The molecule has 0 radical (unpaired) electrons. The largest absolute Gasteiger partial charge is 0.337 e. The molecule has 0 N–H and O–H groups in total. The maximum Gasteiger partial charge on any atom is 0.0540 e. The molecule has 145 heavy (non-hydrogen) atoms. The fourth-order valence-corrected chi connectivity index (χ4v) is 24.7. The molecular formula is C139H118N6. The van der Waals surface area contributed by atoms with Crippen molar-refractivity contribution >= 4 is 127 Å². The second kappa shape index (κ2) is 39.4. The molecule has 3 fully saturated rings. The van der Waals surface area contributed by atoms with Crippen molar-refractivity contribution < 1.29 is 0 Å². The van der Waals surface area contributed by atoms with Crippen LogP contribution in [0.25, 0.3) is 154 Å². The van der Waals surface area contributed by atoms with Crippen molar-refractivity contribution in [1.82, 2.24) is 13.7 Å². The summed E-state index contributed by atoms with van der Waals surface area (Å²) in [5.41, 5.74) is 38.8. The lowest BCUT2D eigenvalue weighted by atomic mass is 9.81. The molecular weight excluding hydrogens is 1750 g/mol. The van der Waals surface area contributed by atoms with E-state index in [1.807, 2.05) is 0 Å². The molecule has 4 aliphatic rings. The molecule has 3 saturated carbocycles. The second-order valence-corrected chi connectivity index (χ2v) is 40.8. The number of para-hydroxylation sites is 6. The molecule has 0 atom stereocenters. The van der Waals surface area contributed by atoms with Gasteiger partial charge in [-0.05, 0) is 297 Å². The van der Waals surface area contributed by atoms with Gasteiger partial charge in [0.15, 0.2) is 0 Å². The van der Waals surface area contributed by atoms with Gasteiger partial charge in [0.25, 0.3) is 0 Å². The summed E-state index contributed by atoms with van der Waals surface area (Å²) in [6, 6.07) is 178. The zero-order valence-corrected chi connectivity index (χ0v) is 82.6. The van der Waals surface area contributed by atoms with Crippen molar-refractivity contribution in [3.8, 4) is 77.9 Å². The molecule has 0 bridgehead atoms. The molecule has 4 aliphatic carbocycles. The van der Waals surface area contributed by atoms with Crippen molar-refractivity contribution in [2.24, 2.45) is 0 Å². The highest BCUT2D eigenvalue weighted by Crippen LogP contribution is 2.54.